The van der Waals surface area contributed by atoms with Crippen molar-refractivity contribution in [3.05, 3.63) is 27.1 Å². The zero-order valence-corrected chi connectivity index (χ0v) is 8.55. The fourth-order valence-electron chi connectivity index (χ4n) is 0.897. The maximum absolute atomic E-state index is 13.1. The van der Waals surface area contributed by atoms with E-state index < -0.39 is 5.82 Å². The van der Waals surface area contributed by atoms with Gasteiger partial charge in [-0.05, 0) is 47.2 Å². The molecule has 0 radical (unpaired) electrons. The van der Waals surface area contributed by atoms with E-state index in [0.717, 1.165) is 5.56 Å². The summed E-state index contributed by atoms with van der Waals surface area (Å²) in [6.07, 6.45) is 0.468. The van der Waals surface area contributed by atoms with Crippen LogP contribution in [0.4, 0.5) is 10.1 Å². The first kappa shape index (κ1) is 9.44. The van der Waals surface area contributed by atoms with E-state index >= 15 is 0 Å². The molecule has 1 aromatic carbocycles. The number of amides is 1. The number of anilines is 1. The Morgan fingerprint density at radius 3 is 2.75 bits per heavy atom. The van der Waals surface area contributed by atoms with E-state index in [1.54, 1.807) is 13.0 Å². The quantitative estimate of drug-likeness (QED) is 0.653. The molecule has 1 aromatic rings. The molecule has 1 rings (SSSR count). The van der Waals surface area contributed by atoms with E-state index in [1.165, 1.54) is 6.07 Å². The van der Waals surface area contributed by atoms with Crippen molar-refractivity contribution in [1.82, 2.24) is 0 Å². The van der Waals surface area contributed by atoms with Gasteiger partial charge in [0.1, 0.15) is 5.82 Å². The van der Waals surface area contributed by atoms with Crippen molar-refractivity contribution < 1.29 is 9.18 Å². The van der Waals surface area contributed by atoms with Gasteiger partial charge in [-0.15, -0.1) is 0 Å². The number of hydrogen-bond donors (Lipinski definition) is 1. The number of carbonyl (C=O) groups is 1. The van der Waals surface area contributed by atoms with Gasteiger partial charge < -0.3 is 5.32 Å². The van der Waals surface area contributed by atoms with Crippen LogP contribution in [-0.2, 0) is 4.79 Å². The zero-order valence-electron chi connectivity index (χ0n) is 6.40. The molecule has 2 nitrogen and oxygen atoms in total. The number of hydrogen-bond acceptors (Lipinski definition) is 1. The van der Waals surface area contributed by atoms with E-state index in [1.807, 2.05) is 22.6 Å². The molecule has 1 N–H and O–H groups in total. The van der Waals surface area contributed by atoms with E-state index in [-0.39, 0.29) is 5.69 Å². The zero-order chi connectivity index (χ0) is 9.14. The van der Waals surface area contributed by atoms with Gasteiger partial charge in [0.05, 0.1) is 5.69 Å². The van der Waals surface area contributed by atoms with Crippen molar-refractivity contribution in [2.75, 3.05) is 5.32 Å². The van der Waals surface area contributed by atoms with Crippen LogP contribution in [0.15, 0.2) is 12.1 Å². The third-order valence-electron chi connectivity index (χ3n) is 1.39. The highest BCUT2D eigenvalue weighted by Gasteiger charge is 2.05. The lowest BCUT2D eigenvalue weighted by molar-refractivity contribution is -0.105. The minimum atomic E-state index is -0.397. The summed E-state index contributed by atoms with van der Waals surface area (Å²) in [5.41, 5.74) is 1.09. The van der Waals surface area contributed by atoms with Crippen LogP contribution in [0.25, 0.3) is 0 Å². The second-order valence-electron chi connectivity index (χ2n) is 2.37. The Bertz CT molecular complexity index is 291. The van der Waals surface area contributed by atoms with Crippen molar-refractivity contribution in [2.24, 2.45) is 0 Å². The first-order valence-corrected chi connectivity index (χ1v) is 4.39. The molecule has 1 amide bonds. The minimum Gasteiger partial charge on any atom is -0.325 e. The lowest BCUT2D eigenvalue weighted by Crippen LogP contribution is -2.00. The summed E-state index contributed by atoms with van der Waals surface area (Å²) < 4.78 is 13.8. The van der Waals surface area contributed by atoms with Gasteiger partial charge in [-0.2, -0.15) is 0 Å². The molecule has 0 spiro atoms. The number of rotatable bonds is 2. The molecule has 0 aliphatic carbocycles. The predicted molar refractivity (Wildman–Crippen MR) is 53.5 cm³/mol. The fraction of sp³-hybridized carbons (Fsp3) is 0.125. The molecule has 0 saturated carbocycles. The maximum Gasteiger partial charge on any atom is 0.211 e. The number of nitrogens with one attached hydrogen (secondary N) is 1. The minimum absolute atomic E-state index is 0.246. The standard InChI is InChI=1S/C8H7FINO/c1-5-2-6(9)8(11-4-12)7(10)3-5/h2-4H,1H3,(H,11,12). The van der Waals surface area contributed by atoms with E-state index in [0.29, 0.717) is 9.98 Å². The van der Waals surface area contributed by atoms with Gasteiger partial charge in [0.2, 0.25) is 6.41 Å². The Labute approximate surface area is 83.3 Å². The Morgan fingerprint density at radius 2 is 2.25 bits per heavy atom. The monoisotopic (exact) mass is 279 g/mol. The van der Waals surface area contributed by atoms with Crippen molar-refractivity contribution in [2.45, 2.75) is 6.92 Å². The summed E-state index contributed by atoms with van der Waals surface area (Å²) in [4.78, 5) is 10.1. The van der Waals surface area contributed by atoms with Crippen molar-refractivity contribution >= 4 is 34.7 Å². The van der Waals surface area contributed by atoms with Crippen LogP contribution in [-0.4, -0.2) is 6.41 Å². The topological polar surface area (TPSA) is 29.1 Å². The van der Waals surface area contributed by atoms with E-state index in [4.69, 9.17) is 0 Å². The second-order valence-corrected chi connectivity index (χ2v) is 3.53. The molecule has 0 saturated heterocycles. The summed E-state index contributed by atoms with van der Waals surface area (Å²) in [6, 6.07) is 3.18. The van der Waals surface area contributed by atoms with Gasteiger partial charge in [-0.1, -0.05) is 0 Å². The SMILES string of the molecule is Cc1cc(F)c(NC=O)c(I)c1. The Kier molecular flexibility index (Phi) is 3.02. The average molecular weight is 279 g/mol. The lowest BCUT2D eigenvalue weighted by Gasteiger charge is -2.04. The Morgan fingerprint density at radius 1 is 1.58 bits per heavy atom. The summed E-state index contributed by atoms with van der Waals surface area (Å²) in [5.74, 6) is -0.397. The first-order chi connectivity index (χ1) is 5.65. The molecule has 0 aromatic heterocycles. The van der Waals surface area contributed by atoms with Crippen LogP contribution >= 0.6 is 22.6 Å². The highest BCUT2D eigenvalue weighted by molar-refractivity contribution is 14.1. The number of benzene rings is 1. The molecule has 0 heterocycles. The van der Waals surface area contributed by atoms with Gasteiger partial charge >= 0.3 is 0 Å². The fourth-order valence-corrected chi connectivity index (χ4v) is 1.80. The van der Waals surface area contributed by atoms with Crippen molar-refractivity contribution in [3.8, 4) is 0 Å². The molecule has 0 atom stereocenters. The highest BCUT2D eigenvalue weighted by atomic mass is 127. The molecule has 64 valence electrons. The molecule has 0 aliphatic heterocycles. The second kappa shape index (κ2) is 3.84. The number of aryl methyl sites for hydroxylation is 1. The van der Waals surface area contributed by atoms with Crippen LogP contribution in [0.2, 0.25) is 0 Å². The predicted octanol–water partition coefficient (Wildman–Crippen LogP) is 2.31. The highest BCUT2D eigenvalue weighted by Crippen LogP contribution is 2.22. The summed E-state index contributed by atoms with van der Waals surface area (Å²) in [7, 11) is 0. The third-order valence-corrected chi connectivity index (χ3v) is 2.24. The normalized spacial score (nSPS) is 9.58. The molecule has 0 bridgehead atoms. The van der Waals surface area contributed by atoms with Gasteiger partial charge in [0.15, 0.2) is 0 Å². The lowest BCUT2D eigenvalue weighted by atomic mass is 10.2. The molecule has 0 fully saturated rings. The molecule has 0 unspecified atom stereocenters. The van der Waals surface area contributed by atoms with Crippen molar-refractivity contribution in [3.63, 3.8) is 0 Å². The van der Waals surface area contributed by atoms with E-state index in [2.05, 4.69) is 5.32 Å². The van der Waals surface area contributed by atoms with Crippen LogP contribution < -0.4 is 5.32 Å². The summed E-state index contributed by atoms with van der Waals surface area (Å²) in [5, 5.41) is 2.31. The van der Waals surface area contributed by atoms with Crippen LogP contribution in [0.3, 0.4) is 0 Å². The maximum atomic E-state index is 13.1. The largest absolute Gasteiger partial charge is 0.325 e. The first-order valence-electron chi connectivity index (χ1n) is 3.31. The molecule has 4 heteroatoms. The van der Waals surface area contributed by atoms with Gasteiger partial charge in [-0.25, -0.2) is 4.39 Å². The molecule has 12 heavy (non-hydrogen) atoms. The van der Waals surface area contributed by atoms with Crippen LogP contribution in [0.1, 0.15) is 5.56 Å². The van der Waals surface area contributed by atoms with Gasteiger partial charge in [0, 0.05) is 3.57 Å². The third kappa shape index (κ3) is 1.94. The molecular formula is C8H7FINO. The summed E-state index contributed by atoms with van der Waals surface area (Å²) >= 11 is 1.97. The Balaban J connectivity index is 3.18. The van der Waals surface area contributed by atoms with Crippen LogP contribution in [0.5, 0.6) is 0 Å². The van der Waals surface area contributed by atoms with E-state index in [9.17, 15) is 9.18 Å². The molecule has 0 aliphatic rings. The van der Waals surface area contributed by atoms with Gasteiger partial charge in [-0.3, -0.25) is 4.79 Å². The van der Waals surface area contributed by atoms with Crippen molar-refractivity contribution in [1.29, 1.82) is 0 Å². The average Bonchev–Trinajstić information content (AvgIpc) is 1.96. The van der Waals surface area contributed by atoms with Gasteiger partial charge in [0.25, 0.3) is 0 Å². The Hall–Kier alpha value is -0.650. The smallest absolute Gasteiger partial charge is 0.211 e. The van der Waals surface area contributed by atoms with Crippen LogP contribution in [0, 0.1) is 16.3 Å². The summed E-state index contributed by atoms with van der Waals surface area (Å²) in [6.45, 7) is 1.80. The number of carbonyl (C=O) groups excluding carboxylic acids is 1. The number of halogens is 2. The molecular weight excluding hydrogens is 272 g/mol.